The molecule has 3 aromatic carbocycles. The number of thioether (sulfide) groups is 1. The molecule has 0 saturated carbocycles. The van der Waals surface area contributed by atoms with E-state index in [1.807, 2.05) is 12.1 Å². The fourth-order valence-electron chi connectivity index (χ4n) is 2.75. The predicted octanol–water partition coefficient (Wildman–Crippen LogP) is 4.89. The van der Waals surface area contributed by atoms with Crippen molar-refractivity contribution in [1.29, 1.82) is 0 Å². The molecule has 0 atom stereocenters. The second-order valence-corrected chi connectivity index (χ2v) is 9.63. The molecule has 0 saturated heterocycles. The molecule has 0 aliphatic carbocycles. The van der Waals surface area contributed by atoms with Crippen molar-refractivity contribution in [3.05, 3.63) is 71.8 Å². The van der Waals surface area contributed by atoms with Crippen molar-refractivity contribution < 1.29 is 22.7 Å². The first-order chi connectivity index (χ1) is 15.3. The van der Waals surface area contributed by atoms with Crippen molar-refractivity contribution in [1.82, 2.24) is 0 Å². The third kappa shape index (κ3) is 6.09. The van der Waals surface area contributed by atoms with Crippen LogP contribution in [0, 0.1) is 0 Å². The molecule has 10 heteroatoms. The number of rotatable bonds is 9. The number of amides is 1. The highest BCUT2D eigenvalue weighted by Gasteiger charge is 2.19. The van der Waals surface area contributed by atoms with E-state index in [-0.39, 0.29) is 22.2 Å². The zero-order valence-corrected chi connectivity index (χ0v) is 19.7. The largest absolute Gasteiger partial charge is 0.495 e. The summed E-state index contributed by atoms with van der Waals surface area (Å²) in [6, 6.07) is 18.0. The fourth-order valence-corrected chi connectivity index (χ4v) is 4.67. The maximum Gasteiger partial charge on any atom is 0.262 e. The Morgan fingerprint density at radius 2 is 1.59 bits per heavy atom. The normalized spacial score (nSPS) is 11.0. The first-order valence-corrected chi connectivity index (χ1v) is 12.2. The molecule has 3 rings (SSSR count). The first-order valence-electron chi connectivity index (χ1n) is 9.34. The van der Waals surface area contributed by atoms with E-state index in [1.165, 1.54) is 44.2 Å². The van der Waals surface area contributed by atoms with E-state index < -0.39 is 10.0 Å². The second-order valence-electron chi connectivity index (χ2n) is 6.46. The van der Waals surface area contributed by atoms with Gasteiger partial charge in [-0.25, -0.2) is 8.42 Å². The Morgan fingerprint density at radius 1 is 0.938 bits per heavy atom. The zero-order valence-electron chi connectivity index (χ0n) is 17.3. The van der Waals surface area contributed by atoms with Gasteiger partial charge in [-0.3, -0.25) is 9.52 Å². The van der Waals surface area contributed by atoms with Crippen LogP contribution in [0.4, 0.5) is 11.4 Å². The van der Waals surface area contributed by atoms with E-state index in [2.05, 4.69) is 10.0 Å². The minimum atomic E-state index is -3.94. The molecule has 7 nitrogen and oxygen atoms in total. The number of carbonyl (C=O) groups is 1. The number of anilines is 2. The summed E-state index contributed by atoms with van der Waals surface area (Å²) in [5, 5.41) is 3.33. The summed E-state index contributed by atoms with van der Waals surface area (Å²) in [4.78, 5) is 13.3. The quantitative estimate of drug-likeness (QED) is 0.413. The van der Waals surface area contributed by atoms with E-state index in [0.717, 1.165) is 4.90 Å². The molecule has 0 radical (unpaired) electrons. The molecule has 0 unspecified atom stereocenters. The van der Waals surface area contributed by atoms with E-state index in [9.17, 15) is 13.2 Å². The van der Waals surface area contributed by atoms with E-state index in [1.54, 1.807) is 36.4 Å². The highest BCUT2D eigenvalue weighted by molar-refractivity contribution is 8.00. The number of methoxy groups -OCH3 is 2. The number of ether oxygens (including phenoxy) is 2. The molecule has 0 aromatic heterocycles. The van der Waals surface area contributed by atoms with Crippen LogP contribution in [0.3, 0.4) is 0 Å². The lowest BCUT2D eigenvalue weighted by Gasteiger charge is -2.14. The molecule has 0 aliphatic rings. The number of carbonyl (C=O) groups excluding carboxylic acids is 1. The fraction of sp³-hybridized carbons (Fsp3) is 0.136. The van der Waals surface area contributed by atoms with Gasteiger partial charge in [0.2, 0.25) is 5.91 Å². The Hall–Kier alpha value is -2.88. The highest BCUT2D eigenvalue weighted by atomic mass is 35.5. The van der Waals surface area contributed by atoms with Gasteiger partial charge in [0, 0.05) is 9.92 Å². The minimum Gasteiger partial charge on any atom is -0.495 e. The first kappa shape index (κ1) is 23.8. The maximum atomic E-state index is 12.9. The van der Waals surface area contributed by atoms with Crippen LogP contribution in [0.2, 0.25) is 5.02 Å². The summed E-state index contributed by atoms with van der Waals surface area (Å²) >= 11 is 7.20. The van der Waals surface area contributed by atoms with Crippen LogP contribution in [0.25, 0.3) is 0 Å². The van der Waals surface area contributed by atoms with Crippen LogP contribution in [0.15, 0.2) is 76.5 Å². The molecule has 0 spiro atoms. The van der Waals surface area contributed by atoms with Crippen molar-refractivity contribution in [3.63, 3.8) is 0 Å². The van der Waals surface area contributed by atoms with Gasteiger partial charge in [-0.15, -0.1) is 11.8 Å². The van der Waals surface area contributed by atoms with Gasteiger partial charge in [0.15, 0.2) is 0 Å². The molecule has 0 bridgehead atoms. The summed E-state index contributed by atoms with van der Waals surface area (Å²) in [6.07, 6.45) is 0. The van der Waals surface area contributed by atoms with Gasteiger partial charge in [-0.05, 0) is 54.6 Å². The van der Waals surface area contributed by atoms with Gasteiger partial charge >= 0.3 is 0 Å². The lowest BCUT2D eigenvalue weighted by molar-refractivity contribution is -0.113. The van der Waals surface area contributed by atoms with Crippen molar-refractivity contribution in [2.75, 3.05) is 30.0 Å². The second kappa shape index (κ2) is 10.6. The SMILES string of the molecule is COc1ccc(S(=O)(=O)Nc2ccccc2OC)cc1NC(=O)CSc1ccc(Cl)cc1. The van der Waals surface area contributed by atoms with E-state index >= 15 is 0 Å². The number of benzene rings is 3. The zero-order chi connectivity index (χ0) is 23.1. The van der Waals surface area contributed by atoms with E-state index in [0.29, 0.717) is 22.2 Å². The molecule has 3 aromatic rings. The standard InChI is InChI=1S/C22H21ClN2O5S2/c1-29-20-6-4-3-5-18(20)25-32(27,28)17-11-12-21(30-2)19(13-17)24-22(26)14-31-16-9-7-15(23)8-10-16/h3-13,25H,14H2,1-2H3,(H,24,26). The molecule has 168 valence electrons. The average molecular weight is 493 g/mol. The lowest BCUT2D eigenvalue weighted by Crippen LogP contribution is -2.17. The number of nitrogens with one attached hydrogen (secondary N) is 2. The third-order valence-corrected chi connectivity index (χ3v) is 6.92. The summed E-state index contributed by atoms with van der Waals surface area (Å²) < 4.78 is 38.8. The smallest absolute Gasteiger partial charge is 0.262 e. The van der Waals surface area contributed by atoms with Gasteiger partial charge < -0.3 is 14.8 Å². The van der Waals surface area contributed by atoms with Gasteiger partial charge in [-0.1, -0.05) is 23.7 Å². The van der Waals surface area contributed by atoms with E-state index in [4.69, 9.17) is 21.1 Å². The Bertz CT molecular complexity index is 1200. The van der Waals surface area contributed by atoms with Crippen LogP contribution in [-0.2, 0) is 14.8 Å². The average Bonchev–Trinajstić information content (AvgIpc) is 2.78. The van der Waals surface area contributed by atoms with Gasteiger partial charge in [0.05, 0.1) is 36.2 Å². The molecule has 0 heterocycles. The molecule has 0 fully saturated rings. The van der Waals surface area contributed by atoms with Crippen molar-refractivity contribution in [2.24, 2.45) is 0 Å². The maximum absolute atomic E-state index is 12.9. The Labute approximate surface area is 196 Å². The summed E-state index contributed by atoms with van der Waals surface area (Å²) in [6.45, 7) is 0. The van der Waals surface area contributed by atoms with Crippen molar-refractivity contribution in [2.45, 2.75) is 9.79 Å². The van der Waals surface area contributed by atoms with Gasteiger partial charge in [0.1, 0.15) is 11.5 Å². The molecule has 0 aliphatic heterocycles. The van der Waals surface area contributed by atoms with Crippen LogP contribution >= 0.6 is 23.4 Å². The van der Waals surface area contributed by atoms with Crippen LogP contribution in [-0.4, -0.2) is 34.3 Å². The highest BCUT2D eigenvalue weighted by Crippen LogP contribution is 2.31. The lowest BCUT2D eigenvalue weighted by atomic mass is 10.3. The number of sulfonamides is 1. The molecular weight excluding hydrogens is 472 g/mol. The Kier molecular flexibility index (Phi) is 7.89. The molecule has 32 heavy (non-hydrogen) atoms. The van der Waals surface area contributed by atoms with Crippen molar-refractivity contribution in [3.8, 4) is 11.5 Å². The van der Waals surface area contributed by atoms with Crippen LogP contribution < -0.4 is 19.5 Å². The summed E-state index contributed by atoms with van der Waals surface area (Å²) in [5.41, 5.74) is 0.549. The minimum absolute atomic E-state index is 0.0372. The van der Waals surface area contributed by atoms with Crippen LogP contribution in [0.1, 0.15) is 0 Å². The topological polar surface area (TPSA) is 93.7 Å². The van der Waals surface area contributed by atoms with Gasteiger partial charge in [0.25, 0.3) is 10.0 Å². The Balaban J connectivity index is 1.76. The molecule has 2 N–H and O–H groups in total. The Morgan fingerprint density at radius 3 is 2.28 bits per heavy atom. The predicted molar refractivity (Wildman–Crippen MR) is 128 cm³/mol. The summed E-state index contributed by atoms with van der Waals surface area (Å²) in [7, 11) is -1.05. The molecule has 1 amide bonds. The number of halogens is 1. The number of hydrogen-bond donors (Lipinski definition) is 2. The number of para-hydroxylation sites is 2. The monoisotopic (exact) mass is 492 g/mol. The van der Waals surface area contributed by atoms with Crippen molar-refractivity contribution >= 4 is 50.7 Å². The molecular formula is C22H21ClN2O5S2. The number of hydrogen-bond acceptors (Lipinski definition) is 6. The van der Waals surface area contributed by atoms with Crippen LogP contribution in [0.5, 0.6) is 11.5 Å². The summed E-state index contributed by atoms with van der Waals surface area (Å²) in [5.74, 6) is 0.542. The third-order valence-electron chi connectivity index (χ3n) is 4.29. The van der Waals surface area contributed by atoms with Gasteiger partial charge in [-0.2, -0.15) is 0 Å².